The van der Waals surface area contributed by atoms with Gasteiger partial charge in [-0.1, -0.05) is 90.2 Å². The van der Waals surface area contributed by atoms with Gasteiger partial charge in [-0.15, -0.1) is 0 Å². The summed E-state index contributed by atoms with van der Waals surface area (Å²) in [5.74, 6) is 2.18. The van der Waals surface area contributed by atoms with Crippen LogP contribution in [-0.4, -0.2) is 10.5 Å². The monoisotopic (exact) mass is 338 g/mol. The summed E-state index contributed by atoms with van der Waals surface area (Å²) in [6.45, 7) is 9.46. The molecule has 0 fully saturated rings. The van der Waals surface area contributed by atoms with Crippen molar-refractivity contribution in [1.29, 1.82) is 0 Å². The summed E-state index contributed by atoms with van der Waals surface area (Å²) in [6, 6.07) is 0. The third-order valence-electron chi connectivity index (χ3n) is 5.68. The Hall–Kier alpha value is 0.0900. The molecule has 0 spiro atoms. The number of thioether (sulfide) groups is 1. The largest absolute Gasteiger partial charge is 0.155 e. The quantitative estimate of drug-likeness (QED) is 0.241. The molecule has 0 aliphatic heterocycles. The number of unbranched alkanes of at least 4 members (excludes halogenated alkanes) is 9. The molecule has 1 aliphatic rings. The molecule has 136 valence electrons. The summed E-state index contributed by atoms with van der Waals surface area (Å²) in [5, 5.41) is 0. The highest BCUT2D eigenvalue weighted by atomic mass is 32.2. The van der Waals surface area contributed by atoms with Gasteiger partial charge < -0.3 is 0 Å². The molecular weight excluding hydrogens is 296 g/mol. The smallest absolute Gasteiger partial charge is 0.0220 e. The molecule has 0 heterocycles. The predicted molar refractivity (Wildman–Crippen MR) is 109 cm³/mol. The van der Waals surface area contributed by atoms with Gasteiger partial charge in [0, 0.05) is 4.75 Å². The molecule has 0 bridgehead atoms. The van der Waals surface area contributed by atoms with Crippen LogP contribution in [-0.2, 0) is 0 Å². The standard InChI is InChI=1S/C22H42S/c1-5-6-7-8-9-10-11-12-13-14-19-23-22(20(2)3)17-15-21(4)16-18-22/h15,20H,5-14,16-19H2,1-4H3. The van der Waals surface area contributed by atoms with Crippen LogP contribution in [0.15, 0.2) is 11.6 Å². The lowest BCUT2D eigenvalue weighted by Gasteiger charge is -2.39. The van der Waals surface area contributed by atoms with Crippen LogP contribution in [0.4, 0.5) is 0 Å². The zero-order chi connectivity index (χ0) is 17.0. The van der Waals surface area contributed by atoms with Crippen LogP contribution in [0.25, 0.3) is 0 Å². The molecule has 0 aromatic heterocycles. The van der Waals surface area contributed by atoms with Crippen molar-refractivity contribution in [2.75, 3.05) is 5.75 Å². The molecule has 0 radical (unpaired) electrons. The second kappa shape index (κ2) is 12.5. The van der Waals surface area contributed by atoms with E-state index in [1.807, 2.05) is 0 Å². The first-order valence-corrected chi connectivity index (χ1v) is 11.4. The molecule has 0 aromatic rings. The van der Waals surface area contributed by atoms with E-state index in [2.05, 4.69) is 45.5 Å². The van der Waals surface area contributed by atoms with Crippen molar-refractivity contribution in [3.63, 3.8) is 0 Å². The van der Waals surface area contributed by atoms with Gasteiger partial charge in [-0.3, -0.25) is 0 Å². The van der Waals surface area contributed by atoms with Crippen molar-refractivity contribution in [3.8, 4) is 0 Å². The molecule has 23 heavy (non-hydrogen) atoms. The zero-order valence-corrected chi connectivity index (χ0v) is 17.3. The molecule has 1 unspecified atom stereocenters. The second-order valence-corrected chi connectivity index (χ2v) is 9.51. The van der Waals surface area contributed by atoms with Crippen molar-refractivity contribution in [3.05, 3.63) is 11.6 Å². The highest BCUT2D eigenvalue weighted by molar-refractivity contribution is 8.00. The third-order valence-corrected chi connectivity index (χ3v) is 7.59. The van der Waals surface area contributed by atoms with Crippen LogP contribution in [0.3, 0.4) is 0 Å². The maximum atomic E-state index is 2.51. The van der Waals surface area contributed by atoms with Gasteiger partial charge in [-0.25, -0.2) is 0 Å². The number of rotatable bonds is 13. The Labute approximate surface area is 151 Å². The summed E-state index contributed by atoms with van der Waals surface area (Å²) < 4.78 is 0.540. The van der Waals surface area contributed by atoms with Crippen LogP contribution >= 0.6 is 11.8 Å². The molecule has 0 nitrogen and oxygen atoms in total. The summed E-state index contributed by atoms with van der Waals surface area (Å²) >= 11 is 2.29. The summed E-state index contributed by atoms with van der Waals surface area (Å²) in [4.78, 5) is 0. The van der Waals surface area contributed by atoms with Crippen LogP contribution in [0, 0.1) is 5.92 Å². The van der Waals surface area contributed by atoms with Crippen molar-refractivity contribution in [2.24, 2.45) is 5.92 Å². The lowest BCUT2D eigenvalue weighted by Crippen LogP contribution is -2.33. The van der Waals surface area contributed by atoms with E-state index in [0.717, 1.165) is 5.92 Å². The van der Waals surface area contributed by atoms with Gasteiger partial charge in [0.1, 0.15) is 0 Å². The highest BCUT2D eigenvalue weighted by Gasteiger charge is 2.34. The Bertz CT molecular complexity index is 318. The minimum Gasteiger partial charge on any atom is -0.155 e. The fraction of sp³-hybridized carbons (Fsp3) is 0.909. The Morgan fingerprint density at radius 2 is 1.52 bits per heavy atom. The predicted octanol–water partition coefficient (Wildman–Crippen LogP) is 8.17. The minimum absolute atomic E-state index is 0.540. The molecule has 1 aliphatic carbocycles. The van der Waals surface area contributed by atoms with Gasteiger partial charge in [0.25, 0.3) is 0 Å². The highest BCUT2D eigenvalue weighted by Crippen LogP contribution is 2.45. The zero-order valence-electron chi connectivity index (χ0n) is 16.5. The molecule has 0 N–H and O–H groups in total. The molecule has 1 heteroatoms. The molecule has 0 saturated heterocycles. The fourth-order valence-corrected chi connectivity index (χ4v) is 5.18. The summed E-state index contributed by atoms with van der Waals surface area (Å²) in [5.41, 5.74) is 1.61. The van der Waals surface area contributed by atoms with E-state index in [1.54, 1.807) is 5.57 Å². The van der Waals surface area contributed by atoms with Gasteiger partial charge >= 0.3 is 0 Å². The third kappa shape index (κ3) is 8.66. The molecule has 0 aromatic carbocycles. The summed E-state index contributed by atoms with van der Waals surface area (Å²) in [7, 11) is 0. The van der Waals surface area contributed by atoms with E-state index in [9.17, 15) is 0 Å². The average molecular weight is 339 g/mol. The molecule has 1 atom stereocenters. The normalized spacial score (nSPS) is 21.7. The fourth-order valence-electron chi connectivity index (χ4n) is 3.65. The van der Waals surface area contributed by atoms with Crippen LogP contribution in [0.2, 0.25) is 0 Å². The van der Waals surface area contributed by atoms with E-state index in [1.165, 1.54) is 89.2 Å². The van der Waals surface area contributed by atoms with Crippen LogP contribution in [0.1, 0.15) is 111 Å². The Morgan fingerprint density at radius 3 is 2.00 bits per heavy atom. The number of hydrogen-bond donors (Lipinski definition) is 0. The van der Waals surface area contributed by atoms with Crippen LogP contribution < -0.4 is 0 Å². The van der Waals surface area contributed by atoms with Crippen molar-refractivity contribution < 1.29 is 0 Å². The maximum Gasteiger partial charge on any atom is 0.0220 e. The molecule has 0 amide bonds. The van der Waals surface area contributed by atoms with Crippen LogP contribution in [0.5, 0.6) is 0 Å². The second-order valence-electron chi connectivity index (χ2n) is 8.00. The van der Waals surface area contributed by atoms with E-state index >= 15 is 0 Å². The first-order valence-electron chi connectivity index (χ1n) is 10.4. The topological polar surface area (TPSA) is 0 Å². The first kappa shape index (κ1) is 21.1. The summed E-state index contributed by atoms with van der Waals surface area (Å²) in [6.07, 6.45) is 21.0. The van der Waals surface area contributed by atoms with E-state index in [4.69, 9.17) is 0 Å². The van der Waals surface area contributed by atoms with Gasteiger partial charge in [0.05, 0.1) is 0 Å². The Balaban J connectivity index is 2.03. The minimum atomic E-state index is 0.540. The van der Waals surface area contributed by atoms with Gasteiger partial charge in [-0.05, 0) is 44.3 Å². The van der Waals surface area contributed by atoms with Crippen molar-refractivity contribution in [1.82, 2.24) is 0 Å². The molecular formula is C22H42S. The SMILES string of the molecule is CCCCCCCCCCCCSC1(C(C)C)CC=C(C)CC1. The average Bonchev–Trinajstić information content (AvgIpc) is 2.54. The number of hydrogen-bond acceptors (Lipinski definition) is 1. The van der Waals surface area contributed by atoms with Gasteiger partial charge in [0.2, 0.25) is 0 Å². The van der Waals surface area contributed by atoms with Crippen molar-refractivity contribution in [2.45, 2.75) is 116 Å². The Kier molecular flexibility index (Phi) is 11.4. The lowest BCUT2D eigenvalue weighted by atomic mass is 9.82. The number of allylic oxidation sites excluding steroid dienone is 2. The molecule has 0 saturated carbocycles. The van der Waals surface area contributed by atoms with Crippen molar-refractivity contribution >= 4 is 11.8 Å². The lowest BCUT2D eigenvalue weighted by molar-refractivity contribution is 0.396. The van der Waals surface area contributed by atoms with E-state index in [0.29, 0.717) is 4.75 Å². The Morgan fingerprint density at radius 1 is 0.957 bits per heavy atom. The maximum absolute atomic E-state index is 2.51. The van der Waals surface area contributed by atoms with E-state index in [-0.39, 0.29) is 0 Å². The van der Waals surface area contributed by atoms with E-state index < -0.39 is 0 Å². The molecule has 1 rings (SSSR count). The van der Waals surface area contributed by atoms with Gasteiger partial charge in [-0.2, -0.15) is 11.8 Å². The first-order chi connectivity index (χ1) is 11.1. The van der Waals surface area contributed by atoms with Gasteiger partial charge in [0.15, 0.2) is 0 Å².